The first-order valence-corrected chi connectivity index (χ1v) is 11.7. The first-order chi connectivity index (χ1) is 15.7. The summed E-state index contributed by atoms with van der Waals surface area (Å²) in [6.45, 7) is 3.70. The van der Waals surface area contributed by atoms with Crippen LogP contribution in [-0.2, 0) is 13.0 Å². The number of halogens is 2. The van der Waals surface area contributed by atoms with Crippen molar-refractivity contribution in [3.63, 3.8) is 0 Å². The summed E-state index contributed by atoms with van der Waals surface area (Å²) in [4.78, 5) is 5.08. The van der Waals surface area contributed by atoms with Crippen molar-refractivity contribution in [3.05, 3.63) is 82.9 Å². The highest BCUT2D eigenvalue weighted by Crippen LogP contribution is 2.41. The molecular weight excluding hydrogens is 455 g/mol. The summed E-state index contributed by atoms with van der Waals surface area (Å²) in [5.74, 6) is 1.84. The number of likely N-dealkylation sites (tertiary alicyclic amines) is 1. The SMILES string of the molecule is COc1ccc(CCN2CCC[C@@H]2CN2c3ccc(Cl)cc3COc3ccccc32)cc1.Cl. The molecule has 2 aliphatic heterocycles. The van der Waals surface area contributed by atoms with E-state index in [4.69, 9.17) is 21.1 Å². The first-order valence-electron chi connectivity index (χ1n) is 11.4. The minimum absolute atomic E-state index is 0. The summed E-state index contributed by atoms with van der Waals surface area (Å²) in [5.41, 5.74) is 4.82. The molecule has 0 N–H and O–H groups in total. The van der Waals surface area contributed by atoms with E-state index in [0.29, 0.717) is 12.6 Å². The van der Waals surface area contributed by atoms with Crippen LogP contribution in [0.15, 0.2) is 66.7 Å². The van der Waals surface area contributed by atoms with E-state index in [1.165, 1.54) is 24.1 Å². The maximum absolute atomic E-state index is 6.31. The third-order valence-corrected chi connectivity index (χ3v) is 6.85. The number of ether oxygens (including phenoxy) is 2. The average Bonchev–Trinajstić information content (AvgIpc) is 3.21. The number of methoxy groups -OCH3 is 1. The summed E-state index contributed by atoms with van der Waals surface area (Å²) in [6.07, 6.45) is 3.50. The summed E-state index contributed by atoms with van der Waals surface area (Å²) >= 11 is 6.31. The Hall–Kier alpha value is -2.40. The van der Waals surface area contributed by atoms with Crippen LogP contribution in [0.2, 0.25) is 5.02 Å². The smallest absolute Gasteiger partial charge is 0.143 e. The van der Waals surface area contributed by atoms with Gasteiger partial charge in [-0.15, -0.1) is 12.4 Å². The van der Waals surface area contributed by atoms with Gasteiger partial charge in [-0.1, -0.05) is 35.9 Å². The van der Waals surface area contributed by atoms with Crippen molar-refractivity contribution < 1.29 is 9.47 Å². The molecule has 0 spiro atoms. The number of nitrogens with zero attached hydrogens (tertiary/aromatic N) is 2. The quantitative estimate of drug-likeness (QED) is 0.398. The Morgan fingerprint density at radius 2 is 1.85 bits per heavy atom. The fourth-order valence-corrected chi connectivity index (χ4v) is 5.08. The highest BCUT2D eigenvalue weighted by atomic mass is 35.5. The number of rotatable bonds is 6. The van der Waals surface area contributed by atoms with Crippen LogP contribution in [0, 0.1) is 0 Å². The zero-order valence-corrected chi connectivity index (χ0v) is 20.4. The fourth-order valence-electron chi connectivity index (χ4n) is 4.89. The lowest BCUT2D eigenvalue weighted by molar-refractivity contribution is 0.261. The number of hydrogen-bond acceptors (Lipinski definition) is 4. The van der Waals surface area contributed by atoms with Gasteiger partial charge in [-0.3, -0.25) is 4.90 Å². The van der Waals surface area contributed by atoms with E-state index in [0.717, 1.165) is 53.8 Å². The topological polar surface area (TPSA) is 24.9 Å². The van der Waals surface area contributed by atoms with E-state index in [2.05, 4.69) is 46.2 Å². The Morgan fingerprint density at radius 1 is 1.03 bits per heavy atom. The standard InChI is InChI=1S/C27H29ClN2O2.ClH/c1-31-24-11-8-20(9-12-24)14-16-29-15-4-5-23(29)18-30-25-13-10-22(28)17-21(25)19-32-27-7-3-2-6-26(27)30;/h2-3,6-13,17,23H,4-5,14-16,18-19H2,1H3;1H/t23-;/m1./s1. The molecule has 0 radical (unpaired) electrons. The van der Waals surface area contributed by atoms with Crippen molar-refractivity contribution in [1.29, 1.82) is 0 Å². The Kier molecular flexibility index (Phi) is 7.69. The van der Waals surface area contributed by atoms with E-state index in [9.17, 15) is 0 Å². The van der Waals surface area contributed by atoms with Gasteiger partial charge in [-0.2, -0.15) is 0 Å². The molecule has 0 amide bonds. The molecule has 174 valence electrons. The predicted molar refractivity (Wildman–Crippen MR) is 138 cm³/mol. The first kappa shape index (κ1) is 23.7. The van der Waals surface area contributed by atoms with Gasteiger partial charge < -0.3 is 14.4 Å². The maximum Gasteiger partial charge on any atom is 0.143 e. The zero-order chi connectivity index (χ0) is 21.9. The molecule has 4 nitrogen and oxygen atoms in total. The fraction of sp³-hybridized carbons (Fsp3) is 0.333. The molecule has 33 heavy (non-hydrogen) atoms. The number of hydrogen-bond donors (Lipinski definition) is 0. The van der Waals surface area contributed by atoms with Gasteiger partial charge >= 0.3 is 0 Å². The Bertz CT molecular complexity index is 1070. The Labute approximate surface area is 207 Å². The highest BCUT2D eigenvalue weighted by Gasteiger charge is 2.30. The number of para-hydroxylation sites is 2. The van der Waals surface area contributed by atoms with Gasteiger partial charge in [0.15, 0.2) is 0 Å². The van der Waals surface area contributed by atoms with Crippen molar-refractivity contribution >= 4 is 35.4 Å². The highest BCUT2D eigenvalue weighted by molar-refractivity contribution is 6.30. The lowest BCUT2D eigenvalue weighted by Crippen LogP contribution is -2.39. The molecular formula is C27H30Cl2N2O2. The van der Waals surface area contributed by atoms with Crippen LogP contribution in [0.25, 0.3) is 0 Å². The summed E-state index contributed by atoms with van der Waals surface area (Å²) < 4.78 is 11.4. The third-order valence-electron chi connectivity index (χ3n) is 6.61. The van der Waals surface area contributed by atoms with Crippen LogP contribution in [0.3, 0.4) is 0 Å². The number of fused-ring (bicyclic) bond motifs is 2. The molecule has 0 unspecified atom stereocenters. The van der Waals surface area contributed by atoms with Crippen molar-refractivity contribution in [2.24, 2.45) is 0 Å². The molecule has 2 heterocycles. The van der Waals surface area contributed by atoms with Gasteiger partial charge in [0.05, 0.1) is 12.8 Å². The molecule has 3 aromatic rings. The molecule has 1 fully saturated rings. The minimum atomic E-state index is 0. The van der Waals surface area contributed by atoms with Gasteiger partial charge in [0, 0.05) is 35.4 Å². The van der Waals surface area contributed by atoms with E-state index in [-0.39, 0.29) is 12.4 Å². The second kappa shape index (κ2) is 10.7. The zero-order valence-electron chi connectivity index (χ0n) is 18.9. The lowest BCUT2D eigenvalue weighted by Gasteiger charge is -2.33. The molecule has 0 aliphatic carbocycles. The van der Waals surface area contributed by atoms with E-state index in [1.54, 1.807) is 7.11 Å². The molecule has 1 saturated heterocycles. The van der Waals surface area contributed by atoms with E-state index < -0.39 is 0 Å². The van der Waals surface area contributed by atoms with Crippen molar-refractivity contribution in [2.75, 3.05) is 31.6 Å². The molecule has 2 aliphatic rings. The van der Waals surface area contributed by atoms with Crippen LogP contribution in [0.5, 0.6) is 11.5 Å². The average molecular weight is 485 g/mol. The number of benzene rings is 3. The number of anilines is 2. The second-order valence-corrected chi connectivity index (χ2v) is 9.01. The summed E-state index contributed by atoms with van der Waals surface area (Å²) in [7, 11) is 1.71. The minimum Gasteiger partial charge on any atom is -0.497 e. The third kappa shape index (κ3) is 5.24. The summed E-state index contributed by atoms with van der Waals surface area (Å²) in [5, 5.41) is 0.750. The molecule has 0 saturated carbocycles. The summed E-state index contributed by atoms with van der Waals surface area (Å²) in [6, 6.07) is 23.5. The van der Waals surface area contributed by atoms with Crippen LogP contribution in [0.1, 0.15) is 24.0 Å². The Balaban J connectivity index is 0.00000259. The van der Waals surface area contributed by atoms with Crippen molar-refractivity contribution in [2.45, 2.75) is 31.9 Å². The molecule has 6 heteroatoms. The van der Waals surface area contributed by atoms with Gasteiger partial charge in [-0.05, 0) is 73.8 Å². The maximum atomic E-state index is 6.31. The van der Waals surface area contributed by atoms with Crippen LogP contribution in [0.4, 0.5) is 11.4 Å². The molecule has 1 atom stereocenters. The Morgan fingerprint density at radius 3 is 2.67 bits per heavy atom. The van der Waals surface area contributed by atoms with Gasteiger partial charge in [0.2, 0.25) is 0 Å². The van der Waals surface area contributed by atoms with Crippen LogP contribution < -0.4 is 14.4 Å². The van der Waals surface area contributed by atoms with Crippen molar-refractivity contribution in [1.82, 2.24) is 4.90 Å². The normalized spacial score (nSPS) is 17.4. The van der Waals surface area contributed by atoms with Crippen LogP contribution in [-0.4, -0.2) is 37.7 Å². The molecule has 5 rings (SSSR count). The molecule has 3 aromatic carbocycles. The molecule has 0 bridgehead atoms. The monoisotopic (exact) mass is 484 g/mol. The van der Waals surface area contributed by atoms with Gasteiger partial charge in [-0.25, -0.2) is 0 Å². The second-order valence-electron chi connectivity index (χ2n) is 8.57. The predicted octanol–water partition coefficient (Wildman–Crippen LogP) is 6.51. The lowest BCUT2D eigenvalue weighted by atomic mass is 10.1. The van der Waals surface area contributed by atoms with E-state index >= 15 is 0 Å². The van der Waals surface area contributed by atoms with E-state index in [1.807, 2.05) is 30.3 Å². The van der Waals surface area contributed by atoms with Gasteiger partial charge in [0.25, 0.3) is 0 Å². The molecule has 0 aromatic heterocycles. The largest absolute Gasteiger partial charge is 0.497 e. The van der Waals surface area contributed by atoms with Crippen LogP contribution >= 0.6 is 24.0 Å². The van der Waals surface area contributed by atoms with Gasteiger partial charge in [0.1, 0.15) is 18.1 Å². The van der Waals surface area contributed by atoms with Crippen molar-refractivity contribution in [3.8, 4) is 11.5 Å².